The van der Waals surface area contributed by atoms with Crippen LogP contribution in [-0.2, 0) is 19.8 Å². The molecule has 0 spiro atoms. The number of hydrogen-bond donors (Lipinski definition) is 1. The fourth-order valence-corrected chi connectivity index (χ4v) is 3.29. The molecule has 2 heterocycles. The number of carbonyl (C=O) groups is 1. The molecule has 2 aliphatic rings. The summed E-state index contributed by atoms with van der Waals surface area (Å²) in [6, 6.07) is 10.3. The third kappa shape index (κ3) is 3.44. The zero-order valence-corrected chi connectivity index (χ0v) is 12.3. The minimum Gasteiger partial charge on any atom is -0.381 e. The minimum absolute atomic E-state index is 0.135. The Morgan fingerprint density at radius 2 is 1.90 bits per heavy atom. The maximum Gasteiger partial charge on any atom is 0.221 e. The van der Waals surface area contributed by atoms with Crippen LogP contribution in [0.15, 0.2) is 30.3 Å². The summed E-state index contributed by atoms with van der Waals surface area (Å²) in [5.41, 5.74) is 0.917. The number of amides is 1. The standard InChI is InChI=1S/C17H23NO3/c19-16(12-14-6-9-21-13-14)18-17(7-10-20-11-8-17)15-4-2-1-3-5-15/h1-5,14H,6-13H2,(H,18,19). The number of ether oxygens (including phenoxy) is 2. The number of rotatable bonds is 4. The number of carbonyl (C=O) groups excluding carboxylic acids is 1. The van der Waals surface area contributed by atoms with Gasteiger partial charge in [0.25, 0.3) is 0 Å². The quantitative estimate of drug-likeness (QED) is 0.924. The number of hydrogen-bond acceptors (Lipinski definition) is 3. The Balaban J connectivity index is 1.71. The van der Waals surface area contributed by atoms with Crippen LogP contribution in [0, 0.1) is 5.92 Å². The largest absolute Gasteiger partial charge is 0.381 e. The normalized spacial score (nSPS) is 24.7. The lowest BCUT2D eigenvalue weighted by molar-refractivity contribution is -0.125. The van der Waals surface area contributed by atoms with E-state index in [1.54, 1.807) is 0 Å². The van der Waals surface area contributed by atoms with E-state index in [-0.39, 0.29) is 11.4 Å². The van der Waals surface area contributed by atoms with E-state index in [0.717, 1.165) is 32.5 Å². The molecular weight excluding hydrogens is 266 g/mol. The highest BCUT2D eigenvalue weighted by atomic mass is 16.5. The summed E-state index contributed by atoms with van der Waals surface area (Å²) >= 11 is 0. The molecular formula is C17H23NO3. The van der Waals surface area contributed by atoms with Crippen molar-refractivity contribution in [2.75, 3.05) is 26.4 Å². The molecule has 1 aromatic rings. The monoisotopic (exact) mass is 289 g/mol. The molecule has 4 nitrogen and oxygen atoms in total. The summed E-state index contributed by atoms with van der Waals surface area (Å²) in [4.78, 5) is 12.4. The lowest BCUT2D eigenvalue weighted by Gasteiger charge is -2.38. The summed E-state index contributed by atoms with van der Waals surface area (Å²) in [6.07, 6.45) is 3.23. The molecule has 0 bridgehead atoms. The van der Waals surface area contributed by atoms with Crippen molar-refractivity contribution in [1.29, 1.82) is 0 Å². The third-order valence-corrected chi connectivity index (χ3v) is 4.55. The Hall–Kier alpha value is -1.39. The summed E-state index contributed by atoms with van der Waals surface area (Å²) in [7, 11) is 0. The van der Waals surface area contributed by atoms with E-state index in [0.29, 0.717) is 25.6 Å². The fraction of sp³-hybridized carbons (Fsp3) is 0.588. The molecule has 1 amide bonds. The van der Waals surface area contributed by atoms with Crippen LogP contribution in [0.25, 0.3) is 0 Å². The van der Waals surface area contributed by atoms with Gasteiger partial charge in [0, 0.05) is 32.8 Å². The first-order valence-corrected chi connectivity index (χ1v) is 7.80. The average molecular weight is 289 g/mol. The van der Waals surface area contributed by atoms with Gasteiger partial charge < -0.3 is 14.8 Å². The zero-order chi connectivity index (χ0) is 14.5. The van der Waals surface area contributed by atoms with Crippen molar-refractivity contribution >= 4 is 5.91 Å². The Labute approximate surface area is 125 Å². The highest BCUT2D eigenvalue weighted by molar-refractivity contribution is 5.77. The molecule has 1 N–H and O–H groups in total. The van der Waals surface area contributed by atoms with Gasteiger partial charge in [0.1, 0.15) is 0 Å². The van der Waals surface area contributed by atoms with Gasteiger partial charge in [0.2, 0.25) is 5.91 Å². The van der Waals surface area contributed by atoms with Crippen molar-refractivity contribution in [1.82, 2.24) is 5.32 Å². The summed E-state index contributed by atoms with van der Waals surface area (Å²) in [6.45, 7) is 2.90. The maximum atomic E-state index is 12.4. The molecule has 0 saturated carbocycles. The predicted molar refractivity (Wildman–Crippen MR) is 79.9 cm³/mol. The average Bonchev–Trinajstić information content (AvgIpc) is 3.02. The van der Waals surface area contributed by atoms with E-state index in [9.17, 15) is 4.79 Å². The minimum atomic E-state index is -0.268. The van der Waals surface area contributed by atoms with Crippen LogP contribution in [0.3, 0.4) is 0 Å². The Bertz CT molecular complexity index is 462. The molecule has 0 radical (unpaired) electrons. The molecule has 114 valence electrons. The first-order valence-electron chi connectivity index (χ1n) is 7.80. The molecule has 1 aromatic carbocycles. The van der Waals surface area contributed by atoms with Crippen LogP contribution in [-0.4, -0.2) is 32.3 Å². The van der Waals surface area contributed by atoms with E-state index in [1.807, 2.05) is 18.2 Å². The van der Waals surface area contributed by atoms with Crippen molar-refractivity contribution < 1.29 is 14.3 Å². The van der Waals surface area contributed by atoms with Gasteiger partial charge in [-0.3, -0.25) is 4.79 Å². The number of nitrogens with one attached hydrogen (secondary N) is 1. The molecule has 0 aromatic heterocycles. The molecule has 2 saturated heterocycles. The molecule has 1 atom stereocenters. The van der Waals surface area contributed by atoms with Crippen molar-refractivity contribution in [3.05, 3.63) is 35.9 Å². The van der Waals surface area contributed by atoms with Gasteiger partial charge in [-0.2, -0.15) is 0 Å². The van der Waals surface area contributed by atoms with E-state index >= 15 is 0 Å². The molecule has 21 heavy (non-hydrogen) atoms. The molecule has 2 fully saturated rings. The van der Waals surface area contributed by atoms with Crippen LogP contribution < -0.4 is 5.32 Å². The second kappa shape index (κ2) is 6.58. The lowest BCUT2D eigenvalue weighted by atomic mass is 9.82. The molecule has 0 aliphatic carbocycles. The van der Waals surface area contributed by atoms with E-state index in [4.69, 9.17) is 9.47 Å². The predicted octanol–water partition coefficient (Wildman–Crippen LogP) is 2.24. The molecule has 2 aliphatic heterocycles. The lowest BCUT2D eigenvalue weighted by Crippen LogP contribution is -2.49. The smallest absolute Gasteiger partial charge is 0.221 e. The van der Waals surface area contributed by atoms with Gasteiger partial charge in [-0.1, -0.05) is 30.3 Å². The van der Waals surface area contributed by atoms with Crippen LogP contribution in [0.2, 0.25) is 0 Å². The molecule has 1 unspecified atom stereocenters. The first-order chi connectivity index (χ1) is 10.3. The third-order valence-electron chi connectivity index (χ3n) is 4.55. The summed E-state index contributed by atoms with van der Waals surface area (Å²) in [5, 5.41) is 3.30. The van der Waals surface area contributed by atoms with Crippen molar-refractivity contribution in [3.63, 3.8) is 0 Å². The van der Waals surface area contributed by atoms with Gasteiger partial charge in [-0.25, -0.2) is 0 Å². The zero-order valence-electron chi connectivity index (χ0n) is 12.3. The van der Waals surface area contributed by atoms with Crippen molar-refractivity contribution in [2.45, 2.75) is 31.2 Å². The van der Waals surface area contributed by atoms with Crippen LogP contribution >= 0.6 is 0 Å². The van der Waals surface area contributed by atoms with Crippen LogP contribution in [0.4, 0.5) is 0 Å². The second-order valence-corrected chi connectivity index (χ2v) is 6.04. The topological polar surface area (TPSA) is 47.6 Å². The van der Waals surface area contributed by atoms with E-state index in [2.05, 4.69) is 17.4 Å². The van der Waals surface area contributed by atoms with Crippen LogP contribution in [0.5, 0.6) is 0 Å². The Morgan fingerprint density at radius 1 is 1.14 bits per heavy atom. The van der Waals surface area contributed by atoms with Gasteiger partial charge in [0.05, 0.1) is 5.54 Å². The number of benzene rings is 1. The second-order valence-electron chi connectivity index (χ2n) is 6.04. The van der Waals surface area contributed by atoms with Gasteiger partial charge in [-0.15, -0.1) is 0 Å². The van der Waals surface area contributed by atoms with Gasteiger partial charge in [0.15, 0.2) is 0 Å². The van der Waals surface area contributed by atoms with Gasteiger partial charge in [-0.05, 0) is 30.7 Å². The molecule has 4 heteroatoms. The summed E-state index contributed by atoms with van der Waals surface area (Å²) in [5.74, 6) is 0.508. The van der Waals surface area contributed by atoms with Crippen molar-refractivity contribution in [2.24, 2.45) is 5.92 Å². The Kier molecular flexibility index (Phi) is 4.56. The van der Waals surface area contributed by atoms with Gasteiger partial charge >= 0.3 is 0 Å². The van der Waals surface area contributed by atoms with Crippen molar-refractivity contribution in [3.8, 4) is 0 Å². The Morgan fingerprint density at radius 3 is 2.57 bits per heavy atom. The molecule has 3 rings (SSSR count). The van der Waals surface area contributed by atoms with E-state index < -0.39 is 0 Å². The highest BCUT2D eigenvalue weighted by Gasteiger charge is 2.36. The van der Waals surface area contributed by atoms with E-state index in [1.165, 1.54) is 5.56 Å². The van der Waals surface area contributed by atoms with Crippen LogP contribution in [0.1, 0.15) is 31.2 Å². The summed E-state index contributed by atoms with van der Waals surface area (Å²) < 4.78 is 10.8. The SMILES string of the molecule is O=C(CC1CCOC1)NC1(c2ccccc2)CCOCC1. The highest BCUT2D eigenvalue weighted by Crippen LogP contribution is 2.32. The fourth-order valence-electron chi connectivity index (χ4n) is 3.29. The first kappa shape index (κ1) is 14.5. The maximum absolute atomic E-state index is 12.4.